The molecule has 1 fully saturated rings. The van der Waals surface area contributed by atoms with E-state index in [1.807, 2.05) is 0 Å². The highest BCUT2D eigenvalue weighted by molar-refractivity contribution is 7.54. The van der Waals surface area contributed by atoms with Crippen molar-refractivity contribution in [2.45, 2.75) is 37.8 Å². The Labute approximate surface area is 74.0 Å². The molecule has 1 aliphatic rings. The third-order valence-corrected chi connectivity index (χ3v) is 4.96. The van der Waals surface area contributed by atoms with Gasteiger partial charge >= 0.3 is 7.60 Å². The van der Waals surface area contributed by atoms with E-state index in [9.17, 15) is 4.57 Å². The summed E-state index contributed by atoms with van der Waals surface area (Å²) in [5.74, 6) is 0. The van der Waals surface area contributed by atoms with Crippen molar-refractivity contribution in [3.05, 3.63) is 0 Å². The molecule has 0 heterocycles. The van der Waals surface area contributed by atoms with Gasteiger partial charge in [-0.3, -0.25) is 4.57 Å². The Hall–Kier alpha value is 0.150. The van der Waals surface area contributed by atoms with Gasteiger partial charge in [0.2, 0.25) is 0 Å². The maximum atomic E-state index is 11.9. The summed E-state index contributed by atoms with van der Waals surface area (Å²) in [6.45, 7) is 0. The molecule has 0 N–H and O–H groups in total. The molecule has 1 rings (SSSR count). The van der Waals surface area contributed by atoms with E-state index in [1.165, 1.54) is 20.6 Å². The second kappa shape index (κ2) is 4.40. The second-order valence-electron chi connectivity index (χ2n) is 3.20. The lowest BCUT2D eigenvalue weighted by molar-refractivity contribution is 0.255. The molecule has 0 aromatic heterocycles. The molecule has 0 amide bonds. The molecule has 1 saturated carbocycles. The zero-order valence-electron chi connectivity index (χ0n) is 7.78. The monoisotopic (exact) mass is 192 g/mol. The SMILES string of the molecule is COP(=O)(OC)C1CCCCC1. The van der Waals surface area contributed by atoms with Crippen LogP contribution in [0, 0.1) is 0 Å². The fourth-order valence-corrected chi connectivity index (χ4v) is 3.51. The highest BCUT2D eigenvalue weighted by Crippen LogP contribution is 2.56. The second-order valence-corrected chi connectivity index (χ2v) is 5.74. The van der Waals surface area contributed by atoms with Gasteiger partial charge < -0.3 is 9.05 Å². The van der Waals surface area contributed by atoms with Crippen LogP contribution in [0.25, 0.3) is 0 Å². The average Bonchev–Trinajstić information content (AvgIpc) is 2.18. The van der Waals surface area contributed by atoms with Crippen LogP contribution in [0.5, 0.6) is 0 Å². The standard InChI is InChI=1S/C8H17O3P/c1-10-12(9,11-2)8-6-4-3-5-7-8/h8H,3-7H2,1-2H3. The molecule has 0 aromatic rings. The maximum absolute atomic E-state index is 11.9. The van der Waals surface area contributed by atoms with Crippen molar-refractivity contribution in [3.8, 4) is 0 Å². The lowest BCUT2D eigenvalue weighted by atomic mass is 10.0. The fraction of sp³-hybridized carbons (Fsp3) is 1.00. The van der Waals surface area contributed by atoms with E-state index in [0.29, 0.717) is 0 Å². The average molecular weight is 192 g/mol. The molecule has 1 aliphatic carbocycles. The van der Waals surface area contributed by atoms with Crippen molar-refractivity contribution in [3.63, 3.8) is 0 Å². The first kappa shape index (κ1) is 10.2. The highest BCUT2D eigenvalue weighted by Gasteiger charge is 2.34. The third kappa shape index (κ3) is 2.09. The van der Waals surface area contributed by atoms with Gasteiger partial charge in [-0.05, 0) is 12.8 Å². The predicted octanol–water partition coefficient (Wildman–Crippen LogP) is 2.81. The van der Waals surface area contributed by atoms with Crippen LogP contribution in [0.1, 0.15) is 32.1 Å². The summed E-state index contributed by atoms with van der Waals surface area (Å²) in [5.41, 5.74) is 0.140. The first-order valence-corrected chi connectivity index (χ1v) is 6.05. The van der Waals surface area contributed by atoms with Gasteiger partial charge in [-0.2, -0.15) is 0 Å². The zero-order chi connectivity index (χ0) is 9.03. The molecule has 4 heteroatoms. The summed E-state index contributed by atoms with van der Waals surface area (Å²) in [5, 5.41) is 0. The molecule has 12 heavy (non-hydrogen) atoms. The number of rotatable bonds is 3. The molecule has 0 bridgehead atoms. The molecule has 0 unspecified atom stereocenters. The minimum Gasteiger partial charge on any atom is -0.312 e. The Morgan fingerprint density at radius 2 is 1.58 bits per heavy atom. The fourth-order valence-electron chi connectivity index (χ4n) is 1.77. The zero-order valence-corrected chi connectivity index (χ0v) is 8.68. The van der Waals surface area contributed by atoms with Gasteiger partial charge in [0.15, 0.2) is 0 Å². The van der Waals surface area contributed by atoms with Gasteiger partial charge in [0.1, 0.15) is 0 Å². The lowest BCUT2D eigenvalue weighted by Gasteiger charge is -2.27. The topological polar surface area (TPSA) is 35.5 Å². The van der Waals surface area contributed by atoms with Crippen molar-refractivity contribution in [1.82, 2.24) is 0 Å². The summed E-state index contributed by atoms with van der Waals surface area (Å²) in [6.07, 6.45) is 5.53. The molecule has 0 aliphatic heterocycles. The lowest BCUT2D eigenvalue weighted by Crippen LogP contribution is -2.14. The van der Waals surface area contributed by atoms with E-state index in [0.717, 1.165) is 25.7 Å². The van der Waals surface area contributed by atoms with Gasteiger partial charge in [-0.1, -0.05) is 19.3 Å². The quantitative estimate of drug-likeness (QED) is 0.645. The van der Waals surface area contributed by atoms with Gasteiger partial charge in [-0.25, -0.2) is 0 Å². The molecule has 0 atom stereocenters. The molecule has 0 radical (unpaired) electrons. The summed E-state index contributed by atoms with van der Waals surface area (Å²) >= 11 is 0. The smallest absolute Gasteiger partial charge is 0.312 e. The summed E-state index contributed by atoms with van der Waals surface area (Å²) in [6, 6.07) is 0. The maximum Gasteiger partial charge on any atom is 0.333 e. The van der Waals surface area contributed by atoms with E-state index in [2.05, 4.69) is 0 Å². The summed E-state index contributed by atoms with van der Waals surface area (Å²) in [4.78, 5) is 0. The van der Waals surface area contributed by atoms with Crippen LogP contribution in [0.3, 0.4) is 0 Å². The van der Waals surface area contributed by atoms with E-state index < -0.39 is 7.60 Å². The van der Waals surface area contributed by atoms with Gasteiger partial charge in [-0.15, -0.1) is 0 Å². The van der Waals surface area contributed by atoms with Crippen LogP contribution in [-0.2, 0) is 13.6 Å². The molecular weight excluding hydrogens is 175 g/mol. The van der Waals surface area contributed by atoms with Crippen LogP contribution >= 0.6 is 7.60 Å². The van der Waals surface area contributed by atoms with Crippen molar-refractivity contribution in [1.29, 1.82) is 0 Å². The van der Waals surface area contributed by atoms with Crippen LogP contribution in [0.15, 0.2) is 0 Å². The first-order chi connectivity index (χ1) is 5.73. The summed E-state index contributed by atoms with van der Waals surface area (Å²) in [7, 11) is 0.186. The van der Waals surface area contributed by atoms with Crippen LogP contribution in [-0.4, -0.2) is 19.9 Å². The number of hydrogen-bond acceptors (Lipinski definition) is 3. The Kier molecular flexibility index (Phi) is 3.76. The molecule has 0 spiro atoms. The van der Waals surface area contributed by atoms with Gasteiger partial charge in [0.05, 0.1) is 5.66 Å². The number of hydrogen-bond donors (Lipinski definition) is 0. The van der Waals surface area contributed by atoms with E-state index in [4.69, 9.17) is 9.05 Å². The van der Waals surface area contributed by atoms with E-state index in [1.54, 1.807) is 0 Å². The Morgan fingerprint density at radius 3 is 2.00 bits per heavy atom. The summed E-state index contributed by atoms with van der Waals surface area (Å²) < 4.78 is 21.8. The molecule has 72 valence electrons. The molecule has 3 nitrogen and oxygen atoms in total. The van der Waals surface area contributed by atoms with Crippen molar-refractivity contribution >= 4 is 7.60 Å². The first-order valence-electron chi connectivity index (χ1n) is 4.44. The minimum absolute atomic E-state index is 0.140. The predicted molar refractivity (Wildman–Crippen MR) is 48.5 cm³/mol. The molecular formula is C8H17O3P. The highest BCUT2D eigenvalue weighted by atomic mass is 31.2. The van der Waals surface area contributed by atoms with Crippen molar-refractivity contribution in [2.24, 2.45) is 0 Å². The molecule has 0 saturated heterocycles. The Balaban J connectivity index is 2.58. The Morgan fingerprint density at radius 1 is 1.08 bits per heavy atom. The molecule has 0 aromatic carbocycles. The normalized spacial score (nSPS) is 21.2. The third-order valence-electron chi connectivity index (χ3n) is 2.53. The van der Waals surface area contributed by atoms with Crippen LogP contribution in [0.4, 0.5) is 0 Å². The minimum atomic E-state index is -2.76. The largest absolute Gasteiger partial charge is 0.333 e. The van der Waals surface area contributed by atoms with E-state index >= 15 is 0 Å². The van der Waals surface area contributed by atoms with Crippen LogP contribution < -0.4 is 0 Å². The van der Waals surface area contributed by atoms with Crippen LogP contribution in [0.2, 0.25) is 0 Å². The van der Waals surface area contributed by atoms with E-state index in [-0.39, 0.29) is 5.66 Å². The Bertz CT molecular complexity index is 167. The van der Waals surface area contributed by atoms with Crippen molar-refractivity contribution in [2.75, 3.05) is 14.2 Å². The van der Waals surface area contributed by atoms with Gasteiger partial charge in [0.25, 0.3) is 0 Å². The van der Waals surface area contributed by atoms with Crippen molar-refractivity contribution < 1.29 is 13.6 Å². The van der Waals surface area contributed by atoms with Gasteiger partial charge in [0, 0.05) is 14.2 Å².